The van der Waals surface area contributed by atoms with Crippen molar-refractivity contribution in [1.82, 2.24) is 0 Å². The summed E-state index contributed by atoms with van der Waals surface area (Å²) in [6.45, 7) is 2.74. The van der Waals surface area contributed by atoms with Gasteiger partial charge >= 0.3 is 5.97 Å². The summed E-state index contributed by atoms with van der Waals surface area (Å²) in [6.07, 6.45) is 0. The molecule has 1 aromatic rings. The minimum Gasteiger partial charge on any atom is -0.490 e. The number of para-hydroxylation sites is 1. The standard InChI is InChI=1S/C14H20O6/c1-17-6-7-18-8-9-19-10-11-20-13-5-3-2-4-12(13)14(15)16/h2-5H,6-11H2,1H3,(H,15,16). The molecule has 0 amide bonds. The van der Waals surface area contributed by atoms with Gasteiger partial charge in [-0.15, -0.1) is 0 Å². The van der Waals surface area contributed by atoms with E-state index in [-0.39, 0.29) is 5.56 Å². The SMILES string of the molecule is COCCOCCOCCOc1ccccc1C(=O)O. The van der Waals surface area contributed by atoms with Gasteiger partial charge < -0.3 is 24.1 Å². The number of benzene rings is 1. The van der Waals surface area contributed by atoms with E-state index in [1.807, 2.05) is 0 Å². The van der Waals surface area contributed by atoms with Gasteiger partial charge in [-0.25, -0.2) is 4.79 Å². The fourth-order valence-corrected chi connectivity index (χ4v) is 1.44. The zero-order valence-corrected chi connectivity index (χ0v) is 11.5. The average molecular weight is 284 g/mol. The Labute approximate surface area is 118 Å². The van der Waals surface area contributed by atoms with Crippen LogP contribution in [0.3, 0.4) is 0 Å². The summed E-state index contributed by atoms with van der Waals surface area (Å²) in [7, 11) is 1.62. The quantitative estimate of drug-likeness (QED) is 0.620. The summed E-state index contributed by atoms with van der Waals surface area (Å²) >= 11 is 0. The third kappa shape index (κ3) is 6.51. The number of carbonyl (C=O) groups is 1. The average Bonchev–Trinajstić information content (AvgIpc) is 2.46. The van der Waals surface area contributed by atoms with Crippen molar-refractivity contribution < 1.29 is 28.8 Å². The first-order valence-electron chi connectivity index (χ1n) is 6.35. The van der Waals surface area contributed by atoms with Crippen molar-refractivity contribution >= 4 is 5.97 Å². The van der Waals surface area contributed by atoms with Crippen molar-refractivity contribution in [1.29, 1.82) is 0 Å². The summed E-state index contributed by atoms with van der Waals surface area (Å²) in [5.74, 6) is -0.659. The molecule has 0 bridgehead atoms. The molecule has 0 aromatic heterocycles. The van der Waals surface area contributed by atoms with E-state index in [1.54, 1.807) is 25.3 Å². The molecule has 6 nitrogen and oxygen atoms in total. The Balaban J connectivity index is 2.11. The predicted octanol–water partition coefficient (Wildman–Crippen LogP) is 1.44. The highest BCUT2D eigenvalue weighted by Gasteiger charge is 2.09. The summed E-state index contributed by atoms with van der Waals surface area (Å²) in [6, 6.07) is 6.51. The number of rotatable bonds is 11. The largest absolute Gasteiger partial charge is 0.490 e. The van der Waals surface area contributed by atoms with Crippen molar-refractivity contribution in [2.45, 2.75) is 0 Å². The number of carboxylic acids is 1. The maximum Gasteiger partial charge on any atom is 0.339 e. The molecule has 0 unspecified atom stereocenters. The smallest absolute Gasteiger partial charge is 0.339 e. The van der Waals surface area contributed by atoms with E-state index in [0.29, 0.717) is 45.4 Å². The van der Waals surface area contributed by atoms with E-state index >= 15 is 0 Å². The summed E-state index contributed by atoms with van der Waals surface area (Å²) in [5, 5.41) is 8.97. The van der Waals surface area contributed by atoms with Crippen LogP contribution in [0.4, 0.5) is 0 Å². The molecule has 6 heteroatoms. The van der Waals surface area contributed by atoms with Crippen molar-refractivity contribution in [3.05, 3.63) is 29.8 Å². The van der Waals surface area contributed by atoms with Crippen LogP contribution in [0.25, 0.3) is 0 Å². The minimum absolute atomic E-state index is 0.149. The number of hydrogen-bond acceptors (Lipinski definition) is 5. The fraction of sp³-hybridized carbons (Fsp3) is 0.500. The molecule has 0 heterocycles. The molecule has 1 aromatic carbocycles. The Morgan fingerprint density at radius 1 is 1.00 bits per heavy atom. The Hall–Kier alpha value is -1.63. The number of aromatic carboxylic acids is 1. The monoisotopic (exact) mass is 284 g/mol. The first-order valence-corrected chi connectivity index (χ1v) is 6.35. The van der Waals surface area contributed by atoms with Crippen LogP contribution in [0, 0.1) is 0 Å². The molecule has 1 rings (SSSR count). The van der Waals surface area contributed by atoms with Gasteiger partial charge in [-0.2, -0.15) is 0 Å². The fourth-order valence-electron chi connectivity index (χ4n) is 1.44. The lowest BCUT2D eigenvalue weighted by Gasteiger charge is -2.09. The Morgan fingerprint density at radius 3 is 2.25 bits per heavy atom. The second kappa shape index (κ2) is 10.2. The van der Waals surface area contributed by atoms with Gasteiger partial charge in [0.05, 0.1) is 33.0 Å². The number of hydrogen-bond donors (Lipinski definition) is 1. The van der Waals surface area contributed by atoms with Crippen LogP contribution in [0.15, 0.2) is 24.3 Å². The molecule has 0 saturated carbocycles. The predicted molar refractivity (Wildman–Crippen MR) is 72.4 cm³/mol. The van der Waals surface area contributed by atoms with E-state index < -0.39 is 5.97 Å². The zero-order chi connectivity index (χ0) is 14.6. The maximum atomic E-state index is 10.9. The van der Waals surface area contributed by atoms with Crippen molar-refractivity contribution in [2.75, 3.05) is 46.8 Å². The molecule has 0 atom stereocenters. The van der Waals surface area contributed by atoms with Crippen LogP contribution in [-0.4, -0.2) is 57.8 Å². The van der Waals surface area contributed by atoms with Crippen LogP contribution in [-0.2, 0) is 14.2 Å². The molecule has 112 valence electrons. The molecule has 0 aliphatic carbocycles. The Morgan fingerprint density at radius 2 is 1.60 bits per heavy atom. The van der Waals surface area contributed by atoms with Crippen LogP contribution in [0.5, 0.6) is 5.75 Å². The highest BCUT2D eigenvalue weighted by molar-refractivity contribution is 5.90. The van der Waals surface area contributed by atoms with E-state index in [2.05, 4.69) is 0 Å². The zero-order valence-electron chi connectivity index (χ0n) is 11.5. The van der Waals surface area contributed by atoms with Gasteiger partial charge in [-0.05, 0) is 12.1 Å². The molecule has 0 spiro atoms. The van der Waals surface area contributed by atoms with E-state index in [1.165, 1.54) is 6.07 Å². The second-order valence-electron chi connectivity index (χ2n) is 3.87. The molecule has 0 saturated heterocycles. The summed E-state index contributed by atoms with van der Waals surface area (Å²) in [4.78, 5) is 10.9. The third-order valence-corrected chi connectivity index (χ3v) is 2.41. The van der Waals surface area contributed by atoms with Crippen LogP contribution < -0.4 is 4.74 Å². The third-order valence-electron chi connectivity index (χ3n) is 2.41. The van der Waals surface area contributed by atoms with Crippen molar-refractivity contribution in [2.24, 2.45) is 0 Å². The van der Waals surface area contributed by atoms with Crippen LogP contribution in [0.2, 0.25) is 0 Å². The Bertz CT molecular complexity index is 393. The lowest BCUT2D eigenvalue weighted by Crippen LogP contribution is -2.13. The van der Waals surface area contributed by atoms with Crippen molar-refractivity contribution in [3.63, 3.8) is 0 Å². The highest BCUT2D eigenvalue weighted by Crippen LogP contribution is 2.17. The molecule has 20 heavy (non-hydrogen) atoms. The van der Waals surface area contributed by atoms with E-state index in [0.717, 1.165) is 0 Å². The van der Waals surface area contributed by atoms with Gasteiger partial charge in [0.15, 0.2) is 0 Å². The van der Waals surface area contributed by atoms with Crippen molar-refractivity contribution in [3.8, 4) is 5.75 Å². The van der Waals surface area contributed by atoms with Crippen LogP contribution >= 0.6 is 0 Å². The van der Waals surface area contributed by atoms with Crippen LogP contribution in [0.1, 0.15) is 10.4 Å². The normalized spacial score (nSPS) is 10.4. The summed E-state index contributed by atoms with van der Waals surface area (Å²) < 4.78 is 20.7. The molecule has 1 N–H and O–H groups in total. The number of methoxy groups -OCH3 is 1. The second-order valence-corrected chi connectivity index (χ2v) is 3.87. The highest BCUT2D eigenvalue weighted by atomic mass is 16.6. The lowest BCUT2D eigenvalue weighted by molar-refractivity contribution is 0.0178. The molecule has 0 fully saturated rings. The van der Waals surface area contributed by atoms with E-state index in [9.17, 15) is 4.79 Å². The molecule has 0 aliphatic rings. The molecule has 0 radical (unpaired) electrons. The van der Waals surface area contributed by atoms with Gasteiger partial charge in [-0.1, -0.05) is 12.1 Å². The Kier molecular flexibility index (Phi) is 8.37. The topological polar surface area (TPSA) is 74.2 Å². The molecule has 0 aliphatic heterocycles. The van der Waals surface area contributed by atoms with Gasteiger partial charge in [0.2, 0.25) is 0 Å². The van der Waals surface area contributed by atoms with E-state index in [4.69, 9.17) is 24.1 Å². The first-order chi connectivity index (χ1) is 9.75. The minimum atomic E-state index is -1.01. The van der Waals surface area contributed by atoms with Gasteiger partial charge in [0.25, 0.3) is 0 Å². The molecular formula is C14H20O6. The lowest BCUT2D eigenvalue weighted by atomic mass is 10.2. The first kappa shape index (κ1) is 16.4. The maximum absolute atomic E-state index is 10.9. The van der Waals surface area contributed by atoms with Gasteiger partial charge in [0.1, 0.15) is 17.9 Å². The summed E-state index contributed by atoms with van der Waals surface area (Å²) in [5.41, 5.74) is 0.149. The number of ether oxygens (including phenoxy) is 4. The molecular weight excluding hydrogens is 264 g/mol. The van der Waals surface area contributed by atoms with Gasteiger partial charge in [-0.3, -0.25) is 0 Å². The van der Waals surface area contributed by atoms with Gasteiger partial charge in [0, 0.05) is 7.11 Å². The number of carboxylic acid groups (broad SMARTS) is 1.